The van der Waals surface area contributed by atoms with E-state index in [2.05, 4.69) is 26.7 Å². The molecule has 2 N–H and O–H groups in total. The second-order valence-electron chi connectivity index (χ2n) is 7.40. The van der Waals surface area contributed by atoms with Crippen molar-refractivity contribution >= 4 is 27.3 Å². The largest absolute Gasteiger partial charge is 0.324 e. The standard InChI is InChI=1S/C16H22BrNS/c17-14-9-19-8-13(14)15(18)7-16-4-10-1-11(5-16)3-12(2-10)6-16/h8-12,15H,1-7,18H2. The van der Waals surface area contributed by atoms with Gasteiger partial charge in [0.25, 0.3) is 0 Å². The fourth-order valence-electron chi connectivity index (χ4n) is 5.67. The molecule has 0 saturated heterocycles. The van der Waals surface area contributed by atoms with Crippen LogP contribution >= 0.6 is 27.3 Å². The van der Waals surface area contributed by atoms with Crippen molar-refractivity contribution in [1.29, 1.82) is 0 Å². The van der Waals surface area contributed by atoms with Gasteiger partial charge in [0.05, 0.1) is 0 Å². The Hall–Kier alpha value is 0.140. The number of thiophene rings is 1. The molecule has 4 aliphatic rings. The smallest absolute Gasteiger partial charge is 0.0330 e. The van der Waals surface area contributed by atoms with Gasteiger partial charge in [0.15, 0.2) is 0 Å². The maximum Gasteiger partial charge on any atom is 0.0330 e. The fourth-order valence-corrected chi connectivity index (χ4v) is 7.33. The van der Waals surface area contributed by atoms with Gasteiger partial charge in [-0.2, -0.15) is 11.3 Å². The molecular formula is C16H22BrNS. The third-order valence-corrected chi connectivity index (χ3v) is 7.61. The molecule has 0 aliphatic heterocycles. The summed E-state index contributed by atoms with van der Waals surface area (Å²) in [6, 6.07) is 0.233. The molecule has 4 bridgehead atoms. The van der Waals surface area contributed by atoms with E-state index in [-0.39, 0.29) is 6.04 Å². The van der Waals surface area contributed by atoms with E-state index < -0.39 is 0 Å². The number of hydrogen-bond acceptors (Lipinski definition) is 2. The summed E-state index contributed by atoms with van der Waals surface area (Å²) in [6.45, 7) is 0. The minimum Gasteiger partial charge on any atom is -0.324 e. The van der Waals surface area contributed by atoms with Crippen LogP contribution in [-0.4, -0.2) is 0 Å². The van der Waals surface area contributed by atoms with E-state index in [0.717, 1.165) is 17.8 Å². The molecule has 0 amide bonds. The minimum atomic E-state index is 0.233. The van der Waals surface area contributed by atoms with Crippen LogP contribution in [0.2, 0.25) is 0 Å². The Balaban J connectivity index is 1.55. The summed E-state index contributed by atoms with van der Waals surface area (Å²) in [7, 11) is 0. The Labute approximate surface area is 128 Å². The molecule has 0 radical (unpaired) electrons. The predicted molar refractivity (Wildman–Crippen MR) is 84.2 cm³/mol. The summed E-state index contributed by atoms with van der Waals surface area (Å²) in [5, 5.41) is 4.39. The first-order valence-corrected chi connectivity index (χ1v) is 9.34. The predicted octanol–water partition coefficient (Wildman–Crippen LogP) is 5.12. The van der Waals surface area contributed by atoms with Crippen molar-refractivity contribution in [3.63, 3.8) is 0 Å². The van der Waals surface area contributed by atoms with Crippen molar-refractivity contribution in [2.45, 2.75) is 51.0 Å². The molecule has 1 heterocycles. The Morgan fingerprint density at radius 3 is 2.21 bits per heavy atom. The molecular weight excluding hydrogens is 318 g/mol. The lowest BCUT2D eigenvalue weighted by Crippen LogP contribution is -2.47. The molecule has 0 aromatic carbocycles. The second-order valence-corrected chi connectivity index (χ2v) is 9.00. The first-order valence-electron chi connectivity index (χ1n) is 7.61. The van der Waals surface area contributed by atoms with Gasteiger partial charge in [-0.25, -0.2) is 0 Å². The first-order chi connectivity index (χ1) is 9.13. The van der Waals surface area contributed by atoms with Gasteiger partial charge in [-0.05, 0) is 95.0 Å². The number of hydrogen-bond donors (Lipinski definition) is 1. The van der Waals surface area contributed by atoms with E-state index >= 15 is 0 Å². The lowest BCUT2D eigenvalue weighted by atomic mass is 9.48. The maximum atomic E-state index is 6.54. The second kappa shape index (κ2) is 4.57. The Morgan fingerprint density at radius 2 is 1.74 bits per heavy atom. The SMILES string of the molecule is NC(CC12CC3CC(CC(C3)C1)C2)c1cscc1Br. The van der Waals surface area contributed by atoms with Crippen molar-refractivity contribution in [2.75, 3.05) is 0 Å². The molecule has 1 atom stereocenters. The van der Waals surface area contributed by atoms with Crippen LogP contribution in [0.5, 0.6) is 0 Å². The zero-order valence-electron chi connectivity index (χ0n) is 11.3. The third kappa shape index (κ3) is 2.22. The van der Waals surface area contributed by atoms with Crippen LogP contribution in [0.25, 0.3) is 0 Å². The Morgan fingerprint density at radius 1 is 1.16 bits per heavy atom. The van der Waals surface area contributed by atoms with E-state index in [1.165, 1.54) is 55.0 Å². The quantitative estimate of drug-likeness (QED) is 0.812. The van der Waals surface area contributed by atoms with Crippen molar-refractivity contribution in [2.24, 2.45) is 28.9 Å². The van der Waals surface area contributed by atoms with Crippen LogP contribution in [0.4, 0.5) is 0 Å². The Kier molecular flexibility index (Phi) is 3.09. The van der Waals surface area contributed by atoms with Crippen molar-refractivity contribution in [3.05, 3.63) is 20.8 Å². The van der Waals surface area contributed by atoms with Gasteiger partial charge < -0.3 is 5.73 Å². The monoisotopic (exact) mass is 339 g/mol. The maximum absolute atomic E-state index is 6.54. The van der Waals surface area contributed by atoms with Crippen molar-refractivity contribution in [3.8, 4) is 0 Å². The van der Waals surface area contributed by atoms with Crippen LogP contribution in [0.3, 0.4) is 0 Å². The van der Waals surface area contributed by atoms with Gasteiger partial charge in [-0.3, -0.25) is 0 Å². The number of halogens is 1. The van der Waals surface area contributed by atoms with Gasteiger partial charge >= 0.3 is 0 Å². The molecule has 4 aliphatic carbocycles. The van der Waals surface area contributed by atoms with Gasteiger partial charge in [0, 0.05) is 15.9 Å². The third-order valence-electron chi connectivity index (χ3n) is 5.86. The lowest BCUT2D eigenvalue weighted by Gasteiger charge is -2.57. The molecule has 1 aromatic heterocycles. The summed E-state index contributed by atoms with van der Waals surface area (Å²) in [6.07, 6.45) is 10.2. The topological polar surface area (TPSA) is 26.0 Å². The van der Waals surface area contributed by atoms with E-state index in [4.69, 9.17) is 5.73 Å². The zero-order valence-corrected chi connectivity index (χ0v) is 13.7. The van der Waals surface area contributed by atoms with Gasteiger partial charge in [0.1, 0.15) is 0 Å². The van der Waals surface area contributed by atoms with Crippen LogP contribution in [0, 0.1) is 23.2 Å². The van der Waals surface area contributed by atoms with Crippen LogP contribution in [-0.2, 0) is 0 Å². The van der Waals surface area contributed by atoms with E-state index in [1.807, 2.05) is 0 Å². The molecule has 104 valence electrons. The zero-order chi connectivity index (χ0) is 13.0. The first kappa shape index (κ1) is 12.8. The molecule has 0 spiro atoms. The van der Waals surface area contributed by atoms with E-state index in [0.29, 0.717) is 5.41 Å². The van der Waals surface area contributed by atoms with Crippen LogP contribution < -0.4 is 5.73 Å². The molecule has 19 heavy (non-hydrogen) atoms. The van der Waals surface area contributed by atoms with Crippen molar-refractivity contribution < 1.29 is 0 Å². The average molecular weight is 340 g/mol. The lowest BCUT2D eigenvalue weighted by molar-refractivity contribution is -0.0605. The molecule has 4 saturated carbocycles. The summed E-state index contributed by atoms with van der Waals surface area (Å²) >= 11 is 5.41. The molecule has 3 heteroatoms. The summed E-state index contributed by atoms with van der Waals surface area (Å²) in [5.74, 6) is 3.10. The van der Waals surface area contributed by atoms with Crippen LogP contribution in [0.1, 0.15) is 56.6 Å². The molecule has 4 fully saturated rings. The molecule has 1 aromatic rings. The number of nitrogens with two attached hydrogens (primary N) is 1. The summed E-state index contributed by atoms with van der Waals surface area (Å²) in [4.78, 5) is 0. The van der Waals surface area contributed by atoms with E-state index in [1.54, 1.807) is 11.3 Å². The minimum absolute atomic E-state index is 0.233. The van der Waals surface area contributed by atoms with Crippen molar-refractivity contribution in [1.82, 2.24) is 0 Å². The highest BCUT2D eigenvalue weighted by atomic mass is 79.9. The number of rotatable bonds is 3. The van der Waals surface area contributed by atoms with Crippen LogP contribution in [0.15, 0.2) is 15.2 Å². The van der Waals surface area contributed by atoms with Gasteiger partial charge in [0.2, 0.25) is 0 Å². The Bertz CT molecular complexity index is 446. The molecule has 1 unspecified atom stereocenters. The average Bonchev–Trinajstić information content (AvgIpc) is 2.72. The van der Waals surface area contributed by atoms with E-state index in [9.17, 15) is 0 Å². The normalized spacial score (nSPS) is 41.7. The highest BCUT2D eigenvalue weighted by Crippen LogP contribution is 2.62. The summed E-state index contributed by atoms with van der Waals surface area (Å²) < 4.78 is 1.22. The highest BCUT2D eigenvalue weighted by Gasteiger charge is 2.51. The fraction of sp³-hybridized carbons (Fsp3) is 0.750. The highest BCUT2D eigenvalue weighted by molar-refractivity contribution is 9.10. The van der Waals surface area contributed by atoms with Gasteiger partial charge in [-0.1, -0.05) is 0 Å². The summed E-state index contributed by atoms with van der Waals surface area (Å²) in [5.41, 5.74) is 8.47. The molecule has 5 rings (SSSR count). The van der Waals surface area contributed by atoms with Gasteiger partial charge in [-0.15, -0.1) is 0 Å². The molecule has 1 nitrogen and oxygen atoms in total.